The Balaban J connectivity index is 1.74. The minimum Gasteiger partial charge on any atom is -0.495 e. The summed E-state index contributed by atoms with van der Waals surface area (Å²) in [5, 5.41) is 20.2. The number of ether oxygens (including phenoxy) is 1. The van der Waals surface area contributed by atoms with Gasteiger partial charge in [0.2, 0.25) is 0 Å². The summed E-state index contributed by atoms with van der Waals surface area (Å²) in [5.74, 6) is 0.0356. The molecule has 0 spiro atoms. The second-order valence-corrected chi connectivity index (χ2v) is 6.07. The molecule has 0 unspecified atom stereocenters. The fraction of sp³-hybridized carbons (Fsp3) is 0.0952. The zero-order valence-corrected chi connectivity index (χ0v) is 15.0. The van der Waals surface area contributed by atoms with Gasteiger partial charge in [0.1, 0.15) is 17.9 Å². The van der Waals surface area contributed by atoms with E-state index in [1.807, 2.05) is 42.5 Å². The van der Waals surface area contributed by atoms with Crippen molar-refractivity contribution in [3.63, 3.8) is 0 Å². The van der Waals surface area contributed by atoms with Gasteiger partial charge in [-0.15, -0.1) is 0 Å². The van der Waals surface area contributed by atoms with Gasteiger partial charge in [0.05, 0.1) is 41.6 Å². The van der Waals surface area contributed by atoms with Gasteiger partial charge in [-0.1, -0.05) is 12.1 Å². The minimum absolute atomic E-state index is 0.0747. The molecule has 0 atom stereocenters. The normalized spacial score (nSPS) is 11.1. The van der Waals surface area contributed by atoms with Crippen LogP contribution < -0.4 is 10.1 Å². The van der Waals surface area contributed by atoms with Crippen molar-refractivity contribution in [3.05, 3.63) is 59.5 Å². The molecule has 7 nitrogen and oxygen atoms in total. The maximum atomic E-state index is 12.3. The summed E-state index contributed by atoms with van der Waals surface area (Å²) < 4.78 is 10.9. The predicted molar refractivity (Wildman–Crippen MR) is 106 cm³/mol. The quantitative estimate of drug-likeness (QED) is 0.519. The van der Waals surface area contributed by atoms with E-state index < -0.39 is 0 Å². The summed E-state index contributed by atoms with van der Waals surface area (Å²) in [4.78, 5) is 12.3. The van der Waals surface area contributed by atoms with Gasteiger partial charge in [-0.2, -0.15) is 10.4 Å². The standard InChI is InChI=1S/C21H16N4O3/c1-27-20-15(21(26)23-10-9-22)4-6-17-19(20)16(24-25-17)5-2-13-3-7-18-14(12-13)8-11-28-18/h2-8,11-12H,10H2,1H3,(H,23,26)(H,24,25)/b5-2+. The number of benzene rings is 2. The predicted octanol–water partition coefficient (Wildman–Crippen LogP) is 3.74. The number of aromatic nitrogens is 2. The van der Waals surface area contributed by atoms with Crippen LogP contribution in [0.2, 0.25) is 0 Å². The Morgan fingerprint density at radius 3 is 3.04 bits per heavy atom. The number of amides is 1. The molecule has 2 aromatic heterocycles. The van der Waals surface area contributed by atoms with Crippen molar-refractivity contribution in [2.45, 2.75) is 0 Å². The lowest BCUT2D eigenvalue weighted by Crippen LogP contribution is -2.24. The third-order valence-corrected chi connectivity index (χ3v) is 4.40. The molecule has 0 aliphatic carbocycles. The average molecular weight is 372 g/mol. The van der Waals surface area contributed by atoms with Crippen LogP contribution in [0.5, 0.6) is 5.75 Å². The van der Waals surface area contributed by atoms with Crippen molar-refractivity contribution in [2.24, 2.45) is 0 Å². The molecular weight excluding hydrogens is 356 g/mol. The van der Waals surface area contributed by atoms with Crippen LogP contribution in [-0.4, -0.2) is 29.8 Å². The monoisotopic (exact) mass is 372 g/mol. The maximum Gasteiger partial charge on any atom is 0.255 e. The van der Waals surface area contributed by atoms with Crippen molar-refractivity contribution >= 4 is 39.9 Å². The molecule has 2 N–H and O–H groups in total. The van der Waals surface area contributed by atoms with Crippen molar-refractivity contribution in [1.82, 2.24) is 15.5 Å². The number of aromatic amines is 1. The highest BCUT2D eigenvalue weighted by molar-refractivity contribution is 6.05. The van der Waals surface area contributed by atoms with E-state index in [4.69, 9.17) is 14.4 Å². The van der Waals surface area contributed by atoms with E-state index in [1.165, 1.54) is 7.11 Å². The van der Waals surface area contributed by atoms with Crippen molar-refractivity contribution in [3.8, 4) is 11.8 Å². The van der Waals surface area contributed by atoms with Gasteiger partial charge in [-0.25, -0.2) is 0 Å². The molecule has 0 fully saturated rings. The fourth-order valence-electron chi connectivity index (χ4n) is 3.10. The number of carbonyl (C=O) groups is 1. The van der Waals surface area contributed by atoms with Gasteiger partial charge >= 0.3 is 0 Å². The Morgan fingerprint density at radius 1 is 1.32 bits per heavy atom. The largest absolute Gasteiger partial charge is 0.495 e. The van der Waals surface area contributed by atoms with E-state index in [2.05, 4.69) is 15.5 Å². The van der Waals surface area contributed by atoms with E-state index in [-0.39, 0.29) is 12.5 Å². The number of methoxy groups -OCH3 is 1. The van der Waals surface area contributed by atoms with Crippen LogP contribution in [-0.2, 0) is 0 Å². The molecule has 138 valence electrons. The fourth-order valence-corrected chi connectivity index (χ4v) is 3.10. The first-order valence-electron chi connectivity index (χ1n) is 8.57. The summed E-state index contributed by atoms with van der Waals surface area (Å²) in [5.41, 5.74) is 3.57. The second-order valence-electron chi connectivity index (χ2n) is 6.07. The molecule has 4 aromatic rings. The van der Waals surface area contributed by atoms with E-state index >= 15 is 0 Å². The number of hydrogen-bond acceptors (Lipinski definition) is 5. The van der Waals surface area contributed by atoms with Crippen LogP contribution in [0.3, 0.4) is 0 Å². The molecule has 0 saturated heterocycles. The van der Waals surface area contributed by atoms with Crippen LogP contribution >= 0.6 is 0 Å². The number of nitrogens with zero attached hydrogens (tertiary/aromatic N) is 2. The van der Waals surface area contributed by atoms with Crippen molar-refractivity contribution in [1.29, 1.82) is 5.26 Å². The van der Waals surface area contributed by atoms with E-state index in [1.54, 1.807) is 18.4 Å². The van der Waals surface area contributed by atoms with Gasteiger partial charge in [-0.3, -0.25) is 9.89 Å². The topological polar surface area (TPSA) is 104 Å². The summed E-state index contributed by atoms with van der Waals surface area (Å²) in [6.45, 7) is -0.0747. The molecule has 0 saturated carbocycles. The Hall–Kier alpha value is -4.05. The van der Waals surface area contributed by atoms with E-state index in [0.29, 0.717) is 22.4 Å². The van der Waals surface area contributed by atoms with Crippen molar-refractivity contribution in [2.75, 3.05) is 13.7 Å². The lowest BCUT2D eigenvalue weighted by Gasteiger charge is -2.09. The average Bonchev–Trinajstić information content (AvgIpc) is 3.35. The second kappa shape index (κ2) is 7.29. The molecule has 2 heterocycles. The third kappa shape index (κ3) is 3.08. The molecule has 0 bridgehead atoms. The molecule has 0 aliphatic rings. The van der Waals surface area contributed by atoms with Crippen LogP contribution in [0.15, 0.2) is 47.1 Å². The third-order valence-electron chi connectivity index (χ3n) is 4.40. The number of nitrogens with one attached hydrogen (secondary N) is 2. The molecule has 1 amide bonds. The first-order chi connectivity index (χ1) is 13.7. The summed E-state index contributed by atoms with van der Waals surface area (Å²) in [6, 6.07) is 13.1. The minimum atomic E-state index is -0.373. The molecule has 0 aliphatic heterocycles. The first kappa shape index (κ1) is 17.4. The van der Waals surface area contributed by atoms with Gasteiger partial charge in [0, 0.05) is 5.39 Å². The molecule has 0 radical (unpaired) electrons. The number of nitriles is 1. The first-order valence-corrected chi connectivity index (χ1v) is 8.57. The summed E-state index contributed by atoms with van der Waals surface area (Å²) in [7, 11) is 1.50. The van der Waals surface area contributed by atoms with Gasteiger partial charge in [-0.05, 0) is 42.0 Å². The smallest absolute Gasteiger partial charge is 0.255 e. The SMILES string of the molecule is COc1c(C(=O)NCC#N)ccc2[nH]nc(/C=C/c3ccc4occc4c3)c12. The highest BCUT2D eigenvalue weighted by Crippen LogP contribution is 2.32. The van der Waals surface area contributed by atoms with Gasteiger partial charge in [0.25, 0.3) is 5.91 Å². The van der Waals surface area contributed by atoms with Crippen LogP contribution in [0.4, 0.5) is 0 Å². The number of H-pyrrole nitrogens is 1. The lowest BCUT2D eigenvalue weighted by molar-refractivity contribution is 0.0955. The van der Waals surface area contributed by atoms with Crippen LogP contribution in [0, 0.1) is 11.3 Å². The Kier molecular flexibility index (Phi) is 4.52. The number of fused-ring (bicyclic) bond motifs is 2. The highest BCUT2D eigenvalue weighted by Gasteiger charge is 2.18. The van der Waals surface area contributed by atoms with E-state index in [9.17, 15) is 4.79 Å². The van der Waals surface area contributed by atoms with Gasteiger partial charge in [0.15, 0.2) is 0 Å². The zero-order chi connectivity index (χ0) is 19.5. The highest BCUT2D eigenvalue weighted by atomic mass is 16.5. The molecule has 4 rings (SSSR count). The number of furan rings is 1. The Morgan fingerprint density at radius 2 is 2.21 bits per heavy atom. The summed E-state index contributed by atoms with van der Waals surface area (Å²) >= 11 is 0. The lowest BCUT2D eigenvalue weighted by atomic mass is 10.1. The number of rotatable bonds is 5. The summed E-state index contributed by atoms with van der Waals surface area (Å²) in [6.07, 6.45) is 5.45. The number of carbonyl (C=O) groups excluding carboxylic acids is 1. The Bertz CT molecular complexity index is 1240. The van der Waals surface area contributed by atoms with E-state index in [0.717, 1.165) is 22.0 Å². The molecule has 28 heavy (non-hydrogen) atoms. The number of hydrogen-bond donors (Lipinski definition) is 2. The molecule has 7 heteroatoms. The molecule has 2 aromatic carbocycles. The van der Waals surface area contributed by atoms with Crippen LogP contribution in [0.1, 0.15) is 21.6 Å². The molecular formula is C21H16N4O3. The van der Waals surface area contributed by atoms with Gasteiger partial charge < -0.3 is 14.5 Å². The Labute approximate surface area is 160 Å². The van der Waals surface area contributed by atoms with Crippen molar-refractivity contribution < 1.29 is 13.9 Å². The maximum absolute atomic E-state index is 12.3. The zero-order valence-electron chi connectivity index (χ0n) is 15.0. The van der Waals surface area contributed by atoms with Crippen LogP contribution in [0.25, 0.3) is 34.0 Å².